The van der Waals surface area contributed by atoms with E-state index in [1.54, 1.807) is 6.26 Å². The van der Waals surface area contributed by atoms with Crippen LogP contribution >= 0.6 is 0 Å². The van der Waals surface area contributed by atoms with Gasteiger partial charge in [0.05, 0.1) is 18.0 Å². The van der Waals surface area contributed by atoms with Gasteiger partial charge in [-0.25, -0.2) is 0 Å². The molecule has 0 amide bonds. The summed E-state index contributed by atoms with van der Waals surface area (Å²) in [5, 5.41) is 8.10. The molecule has 0 fully saturated rings. The predicted octanol–water partition coefficient (Wildman–Crippen LogP) is 2.58. The van der Waals surface area contributed by atoms with Crippen LogP contribution in [0.4, 0.5) is 0 Å². The first-order valence-electron chi connectivity index (χ1n) is 7.35. The number of furan rings is 1. The molecule has 116 valence electrons. The van der Waals surface area contributed by atoms with E-state index < -0.39 is 0 Å². The summed E-state index contributed by atoms with van der Waals surface area (Å²) in [4.78, 5) is 2.17. The highest BCUT2D eigenvalue weighted by molar-refractivity contribution is 5.27. The predicted molar refractivity (Wildman–Crippen MR) is 84.2 cm³/mol. The van der Waals surface area contributed by atoms with Crippen molar-refractivity contribution in [2.24, 2.45) is 7.05 Å². The maximum Gasteiger partial charge on any atom is 0.122 e. The molecule has 0 spiro atoms. The Labute approximate surface area is 126 Å². The normalized spacial score (nSPS) is 14.6. The van der Waals surface area contributed by atoms with Crippen LogP contribution in [0.5, 0.6) is 0 Å². The molecule has 5 nitrogen and oxygen atoms in total. The van der Waals surface area contributed by atoms with E-state index in [2.05, 4.69) is 50.2 Å². The molecular weight excluding hydrogens is 264 g/mol. The third-order valence-electron chi connectivity index (χ3n) is 4.11. The van der Waals surface area contributed by atoms with E-state index in [1.807, 2.05) is 23.9 Å². The van der Waals surface area contributed by atoms with Crippen LogP contribution in [-0.4, -0.2) is 35.3 Å². The number of rotatable bonds is 6. The highest BCUT2D eigenvalue weighted by Gasteiger charge is 2.20. The maximum atomic E-state index is 5.55. The molecule has 2 heterocycles. The molecule has 2 rings (SSSR count). The number of likely N-dealkylation sites (N-methyl/N-ethyl adjacent to an activating group) is 1. The zero-order chi connectivity index (χ0) is 15.6. The molecule has 0 saturated carbocycles. The zero-order valence-electron chi connectivity index (χ0n) is 13.8. The second-order valence-corrected chi connectivity index (χ2v) is 5.83. The van der Waals surface area contributed by atoms with Gasteiger partial charge >= 0.3 is 0 Å². The fourth-order valence-electron chi connectivity index (χ4n) is 2.83. The SMILES string of the molecule is Cc1nn(C)c(C)c1C(C)NCC(c1ccco1)N(C)C. The van der Waals surface area contributed by atoms with Crippen molar-refractivity contribution >= 4 is 0 Å². The van der Waals surface area contributed by atoms with Crippen LogP contribution in [0.1, 0.15) is 41.7 Å². The molecule has 0 aliphatic heterocycles. The van der Waals surface area contributed by atoms with Crippen molar-refractivity contribution in [3.05, 3.63) is 41.1 Å². The molecule has 0 aliphatic carbocycles. The van der Waals surface area contributed by atoms with Crippen LogP contribution in [0, 0.1) is 13.8 Å². The molecule has 2 aromatic rings. The van der Waals surface area contributed by atoms with Crippen molar-refractivity contribution in [3.63, 3.8) is 0 Å². The average molecular weight is 290 g/mol. The highest BCUT2D eigenvalue weighted by Crippen LogP contribution is 2.23. The Morgan fingerprint density at radius 3 is 2.57 bits per heavy atom. The maximum absolute atomic E-state index is 5.55. The minimum Gasteiger partial charge on any atom is -0.468 e. The smallest absolute Gasteiger partial charge is 0.122 e. The summed E-state index contributed by atoms with van der Waals surface area (Å²) in [5.41, 5.74) is 3.59. The third kappa shape index (κ3) is 3.36. The van der Waals surface area contributed by atoms with Crippen molar-refractivity contribution in [2.45, 2.75) is 32.9 Å². The first-order valence-corrected chi connectivity index (χ1v) is 7.35. The van der Waals surface area contributed by atoms with Crippen molar-refractivity contribution in [2.75, 3.05) is 20.6 Å². The number of nitrogens with one attached hydrogen (secondary N) is 1. The van der Waals surface area contributed by atoms with Gasteiger partial charge in [-0.05, 0) is 47.0 Å². The van der Waals surface area contributed by atoms with Gasteiger partial charge in [-0.1, -0.05) is 0 Å². The van der Waals surface area contributed by atoms with Gasteiger partial charge in [0.25, 0.3) is 0 Å². The number of aryl methyl sites for hydroxylation is 2. The standard InChI is InChI=1S/C16H26N4O/c1-11(16-12(2)18-20(6)13(16)3)17-10-14(19(4)5)15-8-7-9-21-15/h7-9,11,14,17H,10H2,1-6H3. The number of hydrogen-bond donors (Lipinski definition) is 1. The van der Waals surface area contributed by atoms with E-state index in [1.165, 1.54) is 11.3 Å². The van der Waals surface area contributed by atoms with E-state index >= 15 is 0 Å². The molecule has 5 heteroatoms. The minimum absolute atomic E-state index is 0.222. The van der Waals surface area contributed by atoms with Crippen LogP contribution < -0.4 is 5.32 Å². The number of aromatic nitrogens is 2. The molecule has 2 aromatic heterocycles. The van der Waals surface area contributed by atoms with Crippen LogP contribution in [0.2, 0.25) is 0 Å². The van der Waals surface area contributed by atoms with E-state index in [4.69, 9.17) is 4.42 Å². The van der Waals surface area contributed by atoms with Gasteiger partial charge in [0, 0.05) is 30.9 Å². The van der Waals surface area contributed by atoms with E-state index in [0.29, 0.717) is 0 Å². The molecule has 2 atom stereocenters. The van der Waals surface area contributed by atoms with Gasteiger partial charge in [0.2, 0.25) is 0 Å². The van der Waals surface area contributed by atoms with Gasteiger partial charge in [-0.2, -0.15) is 5.10 Å². The summed E-state index contributed by atoms with van der Waals surface area (Å²) in [6.07, 6.45) is 1.73. The van der Waals surface area contributed by atoms with Crippen molar-refractivity contribution in [3.8, 4) is 0 Å². The molecule has 21 heavy (non-hydrogen) atoms. The summed E-state index contributed by atoms with van der Waals surface area (Å²) in [5.74, 6) is 0.985. The largest absolute Gasteiger partial charge is 0.468 e. The second-order valence-electron chi connectivity index (χ2n) is 5.83. The van der Waals surface area contributed by atoms with E-state index in [9.17, 15) is 0 Å². The minimum atomic E-state index is 0.222. The molecule has 0 bridgehead atoms. The van der Waals surface area contributed by atoms with Crippen molar-refractivity contribution < 1.29 is 4.42 Å². The quantitative estimate of drug-likeness (QED) is 0.888. The molecular formula is C16H26N4O. The Hall–Kier alpha value is -1.59. The number of hydrogen-bond acceptors (Lipinski definition) is 4. The molecule has 0 radical (unpaired) electrons. The first-order chi connectivity index (χ1) is 9.91. The molecule has 1 N–H and O–H groups in total. The lowest BCUT2D eigenvalue weighted by atomic mass is 10.1. The Morgan fingerprint density at radius 1 is 1.38 bits per heavy atom. The molecule has 0 aliphatic rings. The summed E-state index contributed by atoms with van der Waals surface area (Å²) in [7, 11) is 6.13. The second kappa shape index (κ2) is 6.45. The van der Waals surface area contributed by atoms with Crippen molar-refractivity contribution in [1.29, 1.82) is 0 Å². The van der Waals surface area contributed by atoms with Gasteiger partial charge in [-0.3, -0.25) is 9.58 Å². The van der Waals surface area contributed by atoms with Crippen LogP contribution in [0.3, 0.4) is 0 Å². The topological polar surface area (TPSA) is 46.2 Å². The lowest BCUT2D eigenvalue weighted by Crippen LogP contribution is -2.32. The van der Waals surface area contributed by atoms with Crippen LogP contribution in [-0.2, 0) is 7.05 Å². The van der Waals surface area contributed by atoms with Crippen molar-refractivity contribution in [1.82, 2.24) is 20.0 Å². The Balaban J connectivity index is 2.07. The van der Waals surface area contributed by atoms with Gasteiger partial charge in [-0.15, -0.1) is 0 Å². The molecule has 0 saturated heterocycles. The summed E-state index contributed by atoms with van der Waals surface area (Å²) in [6, 6.07) is 4.44. The van der Waals surface area contributed by atoms with Gasteiger partial charge in [0.1, 0.15) is 5.76 Å². The third-order valence-corrected chi connectivity index (χ3v) is 4.11. The summed E-state index contributed by atoms with van der Waals surface area (Å²) >= 11 is 0. The highest BCUT2D eigenvalue weighted by atomic mass is 16.3. The van der Waals surface area contributed by atoms with Crippen LogP contribution in [0.25, 0.3) is 0 Å². The molecule has 2 unspecified atom stereocenters. The monoisotopic (exact) mass is 290 g/mol. The Kier molecular flexibility index (Phi) is 4.85. The number of nitrogens with zero attached hydrogens (tertiary/aromatic N) is 3. The van der Waals surface area contributed by atoms with E-state index in [0.717, 1.165) is 18.0 Å². The first kappa shape index (κ1) is 15.8. The van der Waals surface area contributed by atoms with Gasteiger partial charge < -0.3 is 9.73 Å². The average Bonchev–Trinajstić information content (AvgIpc) is 2.99. The van der Waals surface area contributed by atoms with Crippen LogP contribution in [0.15, 0.2) is 22.8 Å². The van der Waals surface area contributed by atoms with E-state index in [-0.39, 0.29) is 12.1 Å². The fraction of sp³-hybridized carbons (Fsp3) is 0.562. The Morgan fingerprint density at radius 2 is 2.10 bits per heavy atom. The molecule has 0 aromatic carbocycles. The van der Waals surface area contributed by atoms with Gasteiger partial charge in [0.15, 0.2) is 0 Å². The zero-order valence-corrected chi connectivity index (χ0v) is 13.8. The summed E-state index contributed by atoms with van der Waals surface area (Å²) in [6.45, 7) is 7.20. The lowest BCUT2D eigenvalue weighted by molar-refractivity contribution is 0.245. The fourth-order valence-corrected chi connectivity index (χ4v) is 2.83. The summed E-state index contributed by atoms with van der Waals surface area (Å²) < 4.78 is 7.49. The Bertz CT molecular complexity index is 571. The lowest BCUT2D eigenvalue weighted by Gasteiger charge is -2.25.